The number of methoxy groups -OCH3 is 1. The summed E-state index contributed by atoms with van der Waals surface area (Å²) in [6.07, 6.45) is 7.83. The average molecular weight is 457 g/mol. The Morgan fingerprint density at radius 2 is 2.00 bits per heavy atom. The maximum Gasteiger partial charge on any atom is 0.410 e. The summed E-state index contributed by atoms with van der Waals surface area (Å²) in [5, 5.41) is 0. The zero-order valence-corrected chi connectivity index (χ0v) is 18.8. The van der Waals surface area contributed by atoms with E-state index < -0.39 is 39.6 Å². The molecule has 0 radical (unpaired) electrons. The van der Waals surface area contributed by atoms with E-state index in [2.05, 4.69) is 14.7 Å². The molecule has 2 heterocycles. The molecule has 11 heteroatoms. The largest absolute Gasteiger partial charge is 0.453 e. The first-order chi connectivity index (χ1) is 14.6. The molecule has 1 N–H and O–H groups in total. The molecule has 0 aromatic carbocycles. The molecule has 5 atom stereocenters. The summed E-state index contributed by atoms with van der Waals surface area (Å²) >= 11 is 0. The third-order valence-corrected chi connectivity index (χ3v) is 7.72. The Balaban J connectivity index is 1.56. The molecule has 1 aliphatic heterocycles. The number of amides is 1. The first kappa shape index (κ1) is 22.3. The third kappa shape index (κ3) is 4.03. The van der Waals surface area contributed by atoms with Crippen molar-refractivity contribution in [3.05, 3.63) is 24.0 Å². The summed E-state index contributed by atoms with van der Waals surface area (Å²) in [6, 6.07) is -1.17. The van der Waals surface area contributed by atoms with E-state index in [1.54, 1.807) is 4.90 Å². The van der Waals surface area contributed by atoms with Gasteiger partial charge in [0.2, 0.25) is 10.0 Å². The maximum absolute atomic E-state index is 13.3. The van der Waals surface area contributed by atoms with E-state index in [0.717, 1.165) is 38.4 Å². The van der Waals surface area contributed by atoms with Crippen LogP contribution in [0.3, 0.4) is 0 Å². The van der Waals surface area contributed by atoms with E-state index in [-0.39, 0.29) is 18.1 Å². The molecule has 2 saturated carbocycles. The van der Waals surface area contributed by atoms with Gasteiger partial charge in [-0.2, -0.15) is 0 Å². The lowest BCUT2D eigenvalue weighted by Gasteiger charge is -2.34. The molecule has 4 rings (SSSR count). The number of rotatable bonds is 6. The molecule has 0 bridgehead atoms. The minimum absolute atomic E-state index is 0.162. The monoisotopic (exact) mass is 456 g/mol. The number of carbonyl (C=O) groups excluding carboxylic acids is 1. The van der Waals surface area contributed by atoms with Crippen LogP contribution in [-0.4, -0.2) is 73.1 Å². The van der Waals surface area contributed by atoms with Crippen LogP contribution in [0, 0.1) is 5.82 Å². The van der Waals surface area contributed by atoms with Crippen LogP contribution in [0.1, 0.15) is 51.3 Å². The van der Waals surface area contributed by atoms with Gasteiger partial charge in [0.05, 0.1) is 49.4 Å². The van der Waals surface area contributed by atoms with E-state index in [1.807, 2.05) is 6.92 Å². The number of nitrogens with one attached hydrogen (secondary N) is 1. The predicted molar refractivity (Wildman–Crippen MR) is 109 cm³/mol. The SMILES string of the molecule is COC(=O)N1[C@H](C)C[C@H](NS(C)(=O)=O)[C@@H]1COC12CCCCC1(c1ncc(F)cn1)C2. The molecule has 2 unspecified atom stereocenters. The average Bonchev–Trinajstić information content (AvgIpc) is 3.30. The fourth-order valence-electron chi connectivity index (χ4n) is 5.56. The van der Waals surface area contributed by atoms with E-state index in [4.69, 9.17) is 9.47 Å². The predicted octanol–water partition coefficient (Wildman–Crippen LogP) is 1.73. The lowest BCUT2D eigenvalue weighted by atomic mass is 9.85. The highest BCUT2D eigenvalue weighted by atomic mass is 32.2. The summed E-state index contributed by atoms with van der Waals surface area (Å²) < 4.78 is 51.2. The van der Waals surface area contributed by atoms with Crippen LogP contribution in [0.15, 0.2) is 12.4 Å². The highest BCUT2D eigenvalue weighted by molar-refractivity contribution is 7.88. The molecule has 172 valence electrons. The number of hydrogen-bond acceptors (Lipinski definition) is 7. The number of ether oxygens (including phenoxy) is 2. The van der Waals surface area contributed by atoms with Gasteiger partial charge in [0.1, 0.15) is 5.82 Å². The number of aromatic nitrogens is 2. The van der Waals surface area contributed by atoms with E-state index >= 15 is 0 Å². The van der Waals surface area contributed by atoms with Crippen LogP contribution in [-0.2, 0) is 24.9 Å². The zero-order valence-electron chi connectivity index (χ0n) is 18.0. The fraction of sp³-hybridized carbons (Fsp3) is 0.750. The van der Waals surface area contributed by atoms with E-state index in [1.165, 1.54) is 19.5 Å². The molecule has 0 spiro atoms. The van der Waals surface area contributed by atoms with Gasteiger partial charge in [0.25, 0.3) is 0 Å². The van der Waals surface area contributed by atoms with Gasteiger partial charge in [-0.05, 0) is 32.6 Å². The van der Waals surface area contributed by atoms with Crippen molar-refractivity contribution in [1.29, 1.82) is 0 Å². The lowest BCUT2D eigenvalue weighted by molar-refractivity contribution is -0.0327. The fourth-order valence-corrected chi connectivity index (χ4v) is 6.37. The molecule has 1 aromatic heterocycles. The first-order valence-electron chi connectivity index (χ1n) is 10.6. The van der Waals surface area contributed by atoms with Crippen molar-refractivity contribution in [3.63, 3.8) is 0 Å². The van der Waals surface area contributed by atoms with Gasteiger partial charge < -0.3 is 9.47 Å². The minimum Gasteiger partial charge on any atom is -0.453 e. The number of nitrogens with zero attached hydrogens (tertiary/aromatic N) is 3. The molecule has 1 saturated heterocycles. The van der Waals surface area contributed by atoms with Gasteiger partial charge >= 0.3 is 6.09 Å². The van der Waals surface area contributed by atoms with Gasteiger partial charge in [-0.25, -0.2) is 32.3 Å². The van der Waals surface area contributed by atoms with Gasteiger partial charge in [-0.15, -0.1) is 0 Å². The number of halogens is 1. The van der Waals surface area contributed by atoms with E-state index in [0.29, 0.717) is 12.2 Å². The van der Waals surface area contributed by atoms with Gasteiger partial charge in [0, 0.05) is 12.1 Å². The summed E-state index contributed by atoms with van der Waals surface area (Å²) in [5.74, 6) is 0.107. The second-order valence-corrected chi connectivity index (χ2v) is 10.8. The first-order valence-corrected chi connectivity index (χ1v) is 12.5. The maximum atomic E-state index is 13.3. The molecule has 9 nitrogen and oxygen atoms in total. The number of sulfonamides is 1. The molecule has 3 fully saturated rings. The van der Waals surface area contributed by atoms with Crippen LogP contribution < -0.4 is 4.72 Å². The summed E-state index contributed by atoms with van der Waals surface area (Å²) in [4.78, 5) is 22.4. The topological polar surface area (TPSA) is 111 Å². The van der Waals surface area contributed by atoms with Crippen LogP contribution >= 0.6 is 0 Å². The summed E-state index contributed by atoms with van der Waals surface area (Å²) in [6.45, 7) is 2.02. The molecule has 2 aliphatic carbocycles. The molecule has 1 aromatic rings. The van der Waals surface area contributed by atoms with Crippen LogP contribution in [0.5, 0.6) is 0 Å². The standard InChI is InChI=1S/C20H29FN4O5S/c1-13-8-15(24-31(3,27)28)16(25(13)18(26)29-2)11-30-20-7-5-4-6-19(20,12-20)17-22-9-14(21)10-23-17/h9-10,13,15-16,24H,4-8,11-12H2,1-3H3/t13-,15+,16+,19?,20?/m1/s1. The smallest absolute Gasteiger partial charge is 0.410 e. The van der Waals surface area contributed by atoms with Gasteiger partial charge in [-0.1, -0.05) is 12.8 Å². The Kier molecular flexibility index (Phi) is 5.72. The number of carbonyl (C=O) groups is 1. The number of fused-ring (bicyclic) bond motifs is 1. The quantitative estimate of drug-likeness (QED) is 0.694. The molecule has 3 aliphatic rings. The van der Waals surface area contributed by atoms with Crippen LogP contribution in [0.4, 0.5) is 9.18 Å². The second kappa shape index (κ2) is 7.93. The molecule has 31 heavy (non-hydrogen) atoms. The van der Waals surface area contributed by atoms with Crippen LogP contribution in [0.2, 0.25) is 0 Å². The Bertz CT molecular complexity index is 945. The number of likely N-dealkylation sites (tertiary alicyclic amines) is 1. The Labute approximate surface area is 181 Å². The molecular weight excluding hydrogens is 427 g/mol. The summed E-state index contributed by atoms with van der Waals surface area (Å²) in [7, 11) is -2.16. The number of hydrogen-bond donors (Lipinski definition) is 1. The normalized spacial score (nSPS) is 35.0. The van der Waals surface area contributed by atoms with Crippen LogP contribution in [0.25, 0.3) is 0 Å². The summed E-state index contributed by atoms with van der Waals surface area (Å²) in [5.41, 5.74) is -0.842. The molecular formula is C20H29FN4O5S. The third-order valence-electron chi connectivity index (χ3n) is 6.99. The Morgan fingerprint density at radius 3 is 2.65 bits per heavy atom. The second-order valence-electron chi connectivity index (χ2n) is 9.02. The van der Waals surface area contributed by atoms with Crippen molar-refractivity contribution in [1.82, 2.24) is 19.6 Å². The minimum atomic E-state index is -3.47. The van der Waals surface area contributed by atoms with E-state index in [9.17, 15) is 17.6 Å². The Hall–Kier alpha value is -1.85. The van der Waals surface area contributed by atoms with Crippen molar-refractivity contribution < 1.29 is 27.1 Å². The Morgan fingerprint density at radius 1 is 1.32 bits per heavy atom. The molecule has 1 amide bonds. The lowest BCUT2D eigenvalue weighted by Crippen LogP contribution is -2.51. The highest BCUT2D eigenvalue weighted by Crippen LogP contribution is 2.66. The van der Waals surface area contributed by atoms with Crippen molar-refractivity contribution in [3.8, 4) is 0 Å². The van der Waals surface area contributed by atoms with Crippen molar-refractivity contribution in [2.45, 2.75) is 74.6 Å². The van der Waals surface area contributed by atoms with Crippen molar-refractivity contribution in [2.24, 2.45) is 0 Å². The van der Waals surface area contributed by atoms with Crippen molar-refractivity contribution in [2.75, 3.05) is 20.0 Å². The van der Waals surface area contributed by atoms with Gasteiger partial charge in [0.15, 0.2) is 5.82 Å². The van der Waals surface area contributed by atoms with Gasteiger partial charge in [-0.3, -0.25) is 4.90 Å². The highest BCUT2D eigenvalue weighted by Gasteiger charge is 2.72. The zero-order chi connectivity index (χ0) is 22.4. The van der Waals surface area contributed by atoms with Crippen molar-refractivity contribution >= 4 is 16.1 Å².